The summed E-state index contributed by atoms with van der Waals surface area (Å²) < 4.78 is 0. The lowest BCUT2D eigenvalue weighted by atomic mass is 9.89. The maximum Gasteiger partial charge on any atom is 0.333 e. The van der Waals surface area contributed by atoms with Gasteiger partial charge in [-0.25, -0.2) is 4.79 Å². The molecule has 0 radical (unpaired) electrons. The summed E-state index contributed by atoms with van der Waals surface area (Å²) in [6.45, 7) is 2.00. The summed E-state index contributed by atoms with van der Waals surface area (Å²) in [5.41, 5.74) is 0.156. The van der Waals surface area contributed by atoms with Gasteiger partial charge in [0.15, 0.2) is 0 Å². The summed E-state index contributed by atoms with van der Waals surface area (Å²) in [4.78, 5) is 10.4. The van der Waals surface area contributed by atoms with Crippen LogP contribution in [0.2, 0.25) is 0 Å². The van der Waals surface area contributed by atoms with E-state index in [1.165, 1.54) is 0 Å². The van der Waals surface area contributed by atoms with Crippen molar-refractivity contribution in [2.45, 2.75) is 25.9 Å². The number of aliphatic hydroxyl groups excluding tert-OH is 1. The first kappa shape index (κ1) is 8.27. The van der Waals surface area contributed by atoms with Crippen LogP contribution < -0.4 is 0 Å². The molecule has 62 valence electrons. The average Bonchev–Trinajstić information content (AvgIpc) is 1.85. The normalized spacial score (nSPS) is 31.3. The number of hydrogen-bond acceptors (Lipinski definition) is 2. The van der Waals surface area contributed by atoms with E-state index in [0.29, 0.717) is 12.3 Å². The highest BCUT2D eigenvalue weighted by Crippen LogP contribution is 2.23. The minimum absolute atomic E-state index is 0.156. The van der Waals surface area contributed by atoms with Crippen molar-refractivity contribution in [2.24, 2.45) is 5.92 Å². The Kier molecular flexibility index (Phi) is 2.29. The molecule has 0 aromatic heterocycles. The molecular formula is C8H12O3. The highest BCUT2D eigenvalue weighted by molar-refractivity contribution is 5.87. The summed E-state index contributed by atoms with van der Waals surface area (Å²) in [7, 11) is 0. The van der Waals surface area contributed by atoms with Gasteiger partial charge in [0.25, 0.3) is 0 Å². The lowest BCUT2D eigenvalue weighted by Crippen LogP contribution is -2.23. The molecule has 0 aromatic carbocycles. The fraction of sp³-hybridized carbons (Fsp3) is 0.625. The highest BCUT2D eigenvalue weighted by Gasteiger charge is 2.23. The van der Waals surface area contributed by atoms with Crippen molar-refractivity contribution in [1.82, 2.24) is 0 Å². The van der Waals surface area contributed by atoms with E-state index >= 15 is 0 Å². The molecule has 0 fully saturated rings. The molecule has 11 heavy (non-hydrogen) atoms. The summed E-state index contributed by atoms with van der Waals surface area (Å²) in [5, 5.41) is 17.8. The number of rotatable bonds is 1. The highest BCUT2D eigenvalue weighted by atomic mass is 16.4. The Morgan fingerprint density at radius 2 is 2.36 bits per heavy atom. The summed E-state index contributed by atoms with van der Waals surface area (Å²) in [6, 6.07) is 0. The van der Waals surface area contributed by atoms with Crippen LogP contribution in [0, 0.1) is 5.92 Å². The molecule has 1 aliphatic rings. The minimum atomic E-state index is -0.996. The van der Waals surface area contributed by atoms with Gasteiger partial charge in [-0.3, -0.25) is 0 Å². The molecule has 3 nitrogen and oxygen atoms in total. The van der Waals surface area contributed by atoms with E-state index in [-0.39, 0.29) is 5.57 Å². The Hall–Kier alpha value is -0.830. The molecule has 0 bridgehead atoms. The first-order valence-corrected chi connectivity index (χ1v) is 3.72. The van der Waals surface area contributed by atoms with E-state index in [1.54, 1.807) is 6.08 Å². The fourth-order valence-corrected chi connectivity index (χ4v) is 1.30. The van der Waals surface area contributed by atoms with Crippen LogP contribution in [-0.4, -0.2) is 22.3 Å². The molecule has 2 atom stereocenters. The second-order valence-electron chi connectivity index (χ2n) is 3.06. The van der Waals surface area contributed by atoms with E-state index in [4.69, 9.17) is 5.11 Å². The third-order valence-electron chi connectivity index (χ3n) is 1.97. The summed E-state index contributed by atoms with van der Waals surface area (Å²) >= 11 is 0. The van der Waals surface area contributed by atoms with Gasteiger partial charge in [0.2, 0.25) is 0 Å². The number of carbonyl (C=O) groups is 1. The van der Waals surface area contributed by atoms with Crippen LogP contribution in [0.25, 0.3) is 0 Å². The Morgan fingerprint density at radius 1 is 1.73 bits per heavy atom. The molecular weight excluding hydrogens is 144 g/mol. The van der Waals surface area contributed by atoms with Crippen molar-refractivity contribution < 1.29 is 15.0 Å². The van der Waals surface area contributed by atoms with Gasteiger partial charge in [-0.1, -0.05) is 13.0 Å². The van der Waals surface area contributed by atoms with Crippen molar-refractivity contribution in [2.75, 3.05) is 0 Å². The van der Waals surface area contributed by atoms with Crippen LogP contribution in [0.5, 0.6) is 0 Å². The van der Waals surface area contributed by atoms with E-state index in [9.17, 15) is 9.90 Å². The topological polar surface area (TPSA) is 57.5 Å². The molecule has 0 heterocycles. The van der Waals surface area contributed by atoms with E-state index in [1.807, 2.05) is 6.92 Å². The third-order valence-corrected chi connectivity index (χ3v) is 1.97. The van der Waals surface area contributed by atoms with Crippen molar-refractivity contribution in [3.63, 3.8) is 0 Å². The molecule has 1 aliphatic carbocycles. The van der Waals surface area contributed by atoms with Crippen LogP contribution in [-0.2, 0) is 4.79 Å². The zero-order chi connectivity index (χ0) is 8.43. The third kappa shape index (κ3) is 1.80. The van der Waals surface area contributed by atoms with E-state index in [2.05, 4.69) is 0 Å². The number of allylic oxidation sites excluding steroid dienone is 1. The summed E-state index contributed by atoms with van der Waals surface area (Å²) in [6.07, 6.45) is 2.18. The van der Waals surface area contributed by atoms with Crippen molar-refractivity contribution in [3.8, 4) is 0 Å². The van der Waals surface area contributed by atoms with Crippen molar-refractivity contribution in [1.29, 1.82) is 0 Å². The molecule has 0 spiro atoms. The lowest BCUT2D eigenvalue weighted by molar-refractivity contribution is -0.134. The average molecular weight is 156 g/mol. The van der Waals surface area contributed by atoms with Gasteiger partial charge >= 0.3 is 5.97 Å². The Labute approximate surface area is 65.3 Å². The van der Waals surface area contributed by atoms with Gasteiger partial charge in [-0.15, -0.1) is 0 Å². The van der Waals surface area contributed by atoms with Crippen molar-refractivity contribution in [3.05, 3.63) is 11.6 Å². The second kappa shape index (κ2) is 3.05. The number of carboxylic acid groups (broad SMARTS) is 1. The van der Waals surface area contributed by atoms with Gasteiger partial charge < -0.3 is 10.2 Å². The Bertz CT molecular complexity index is 196. The maximum absolute atomic E-state index is 10.4. The van der Waals surface area contributed by atoms with E-state index < -0.39 is 12.1 Å². The van der Waals surface area contributed by atoms with Crippen LogP contribution in [0.4, 0.5) is 0 Å². The van der Waals surface area contributed by atoms with Gasteiger partial charge in [-0.2, -0.15) is 0 Å². The van der Waals surface area contributed by atoms with E-state index in [0.717, 1.165) is 6.42 Å². The Balaban J connectivity index is 2.72. The zero-order valence-electron chi connectivity index (χ0n) is 6.45. The number of aliphatic hydroxyl groups is 1. The smallest absolute Gasteiger partial charge is 0.333 e. The predicted molar refractivity (Wildman–Crippen MR) is 40.1 cm³/mol. The summed E-state index contributed by atoms with van der Waals surface area (Å²) in [5.74, 6) is -0.600. The standard InChI is InChI=1S/C8H12O3/c1-5-2-3-6(8(10)11)7(9)4-5/h3,5,7,9H,2,4H2,1H3,(H,10,11). The fourth-order valence-electron chi connectivity index (χ4n) is 1.30. The second-order valence-corrected chi connectivity index (χ2v) is 3.06. The molecule has 3 heteroatoms. The van der Waals surface area contributed by atoms with Crippen LogP contribution in [0.3, 0.4) is 0 Å². The maximum atomic E-state index is 10.4. The molecule has 1 rings (SSSR count). The van der Waals surface area contributed by atoms with Crippen molar-refractivity contribution >= 4 is 5.97 Å². The largest absolute Gasteiger partial charge is 0.478 e. The monoisotopic (exact) mass is 156 g/mol. The minimum Gasteiger partial charge on any atom is -0.478 e. The van der Waals surface area contributed by atoms with Crippen LogP contribution >= 0.6 is 0 Å². The molecule has 0 aromatic rings. The lowest BCUT2D eigenvalue weighted by Gasteiger charge is -2.21. The van der Waals surface area contributed by atoms with Crippen LogP contribution in [0.15, 0.2) is 11.6 Å². The van der Waals surface area contributed by atoms with Gasteiger partial charge in [0.1, 0.15) is 0 Å². The van der Waals surface area contributed by atoms with Gasteiger partial charge in [0, 0.05) is 0 Å². The predicted octanol–water partition coefficient (Wildman–Crippen LogP) is 0.788. The van der Waals surface area contributed by atoms with Crippen LogP contribution in [0.1, 0.15) is 19.8 Å². The molecule has 0 amide bonds. The van der Waals surface area contributed by atoms with Gasteiger partial charge in [0.05, 0.1) is 11.7 Å². The first-order chi connectivity index (χ1) is 5.11. The first-order valence-electron chi connectivity index (χ1n) is 3.72. The molecule has 0 aliphatic heterocycles. The van der Waals surface area contributed by atoms with Gasteiger partial charge in [-0.05, 0) is 18.8 Å². The number of carboxylic acids is 1. The molecule has 2 N–H and O–H groups in total. The molecule has 0 saturated heterocycles. The number of aliphatic carboxylic acids is 1. The molecule has 0 saturated carbocycles. The SMILES string of the molecule is CC1CC=C(C(=O)O)C(O)C1. The zero-order valence-corrected chi connectivity index (χ0v) is 6.45. The Morgan fingerprint density at radius 3 is 2.82 bits per heavy atom. The quantitative estimate of drug-likeness (QED) is 0.590. The molecule has 2 unspecified atom stereocenters. The number of hydrogen-bond donors (Lipinski definition) is 2.